The summed E-state index contributed by atoms with van der Waals surface area (Å²) >= 11 is 6.80. The van der Waals surface area contributed by atoms with E-state index in [0.29, 0.717) is 5.56 Å². The largest absolute Gasteiger partial charge is 0.289 e. The molecule has 0 aliphatic rings. The zero-order valence-corrected chi connectivity index (χ0v) is 12.6. The first-order valence-corrected chi connectivity index (χ1v) is 6.98. The molecule has 0 fully saturated rings. The lowest BCUT2D eigenvalue weighted by atomic mass is 10.1. The van der Waals surface area contributed by atoms with Crippen molar-refractivity contribution in [3.05, 3.63) is 74.7 Å². The lowest BCUT2D eigenvalue weighted by Crippen LogP contribution is -1.93. The van der Waals surface area contributed by atoms with Crippen molar-refractivity contribution in [3.63, 3.8) is 0 Å². The number of ketones is 1. The maximum atomic E-state index is 12.0. The Morgan fingerprint density at radius 1 is 1.00 bits per heavy atom. The fourth-order valence-corrected chi connectivity index (χ4v) is 2.33. The van der Waals surface area contributed by atoms with Crippen LogP contribution < -0.4 is 0 Å². The highest BCUT2D eigenvalue weighted by atomic mass is 79.9. The number of hydrogen-bond acceptors (Lipinski definition) is 1. The predicted molar refractivity (Wildman–Crippen MR) is 81.6 cm³/mol. The summed E-state index contributed by atoms with van der Waals surface area (Å²) in [7, 11) is 0. The summed E-state index contributed by atoms with van der Waals surface area (Å²) in [4.78, 5) is 12.0. The van der Waals surface area contributed by atoms with Crippen molar-refractivity contribution in [3.8, 4) is 0 Å². The van der Waals surface area contributed by atoms with Crippen LogP contribution >= 0.6 is 31.9 Å². The summed E-state index contributed by atoms with van der Waals surface area (Å²) in [5.41, 5.74) is 1.66. The molecule has 0 aliphatic heterocycles. The lowest BCUT2D eigenvalue weighted by Gasteiger charge is -1.98. The molecule has 0 saturated carbocycles. The second-order valence-corrected chi connectivity index (χ2v) is 5.50. The van der Waals surface area contributed by atoms with Crippen LogP contribution in [0.1, 0.15) is 15.9 Å². The normalized spacial score (nSPS) is 10.8. The van der Waals surface area contributed by atoms with Crippen molar-refractivity contribution in [1.82, 2.24) is 0 Å². The van der Waals surface area contributed by atoms with Crippen LogP contribution in [-0.4, -0.2) is 5.78 Å². The first-order chi connectivity index (χ1) is 8.66. The summed E-state index contributed by atoms with van der Waals surface area (Å²) in [6.45, 7) is 0. The van der Waals surface area contributed by atoms with Crippen LogP contribution in [0.2, 0.25) is 0 Å². The van der Waals surface area contributed by atoms with Gasteiger partial charge in [-0.05, 0) is 35.9 Å². The minimum absolute atomic E-state index is 0.00736. The van der Waals surface area contributed by atoms with Gasteiger partial charge in [0.25, 0.3) is 0 Å². The van der Waals surface area contributed by atoms with Crippen LogP contribution in [0.25, 0.3) is 6.08 Å². The molecule has 0 saturated heterocycles. The van der Waals surface area contributed by atoms with Gasteiger partial charge in [-0.3, -0.25) is 4.79 Å². The van der Waals surface area contributed by atoms with Crippen molar-refractivity contribution < 1.29 is 4.79 Å². The third-order valence-electron chi connectivity index (χ3n) is 2.43. The maximum absolute atomic E-state index is 12.0. The quantitative estimate of drug-likeness (QED) is 0.545. The number of benzene rings is 2. The fraction of sp³-hybridized carbons (Fsp3) is 0. The Morgan fingerprint density at radius 2 is 1.78 bits per heavy atom. The van der Waals surface area contributed by atoms with Crippen molar-refractivity contribution >= 4 is 43.7 Å². The van der Waals surface area contributed by atoms with E-state index in [4.69, 9.17) is 0 Å². The number of carbonyl (C=O) groups is 1. The minimum Gasteiger partial charge on any atom is -0.289 e. The average molecular weight is 366 g/mol. The summed E-state index contributed by atoms with van der Waals surface area (Å²) in [5, 5.41) is 0. The van der Waals surface area contributed by atoms with Crippen LogP contribution in [0, 0.1) is 0 Å². The van der Waals surface area contributed by atoms with Gasteiger partial charge in [0.05, 0.1) is 0 Å². The van der Waals surface area contributed by atoms with Crippen LogP contribution in [0.5, 0.6) is 0 Å². The molecule has 0 amide bonds. The zero-order chi connectivity index (χ0) is 13.0. The molecule has 0 spiro atoms. The van der Waals surface area contributed by atoms with E-state index >= 15 is 0 Å². The summed E-state index contributed by atoms with van der Waals surface area (Å²) < 4.78 is 1.88. The average Bonchev–Trinajstić information content (AvgIpc) is 2.37. The van der Waals surface area contributed by atoms with E-state index < -0.39 is 0 Å². The number of halogens is 2. The van der Waals surface area contributed by atoms with Gasteiger partial charge in [-0.2, -0.15) is 0 Å². The van der Waals surface area contributed by atoms with Crippen LogP contribution in [0.4, 0.5) is 0 Å². The van der Waals surface area contributed by atoms with E-state index in [9.17, 15) is 4.79 Å². The van der Waals surface area contributed by atoms with Gasteiger partial charge in [0.15, 0.2) is 5.78 Å². The summed E-state index contributed by atoms with van der Waals surface area (Å²) in [6, 6.07) is 15.1. The van der Waals surface area contributed by atoms with E-state index in [1.165, 1.54) is 0 Å². The van der Waals surface area contributed by atoms with Crippen LogP contribution in [0.15, 0.2) is 63.6 Å². The molecule has 0 N–H and O–H groups in total. The number of carbonyl (C=O) groups excluding carboxylic acids is 1. The number of hydrogen-bond donors (Lipinski definition) is 0. The smallest absolute Gasteiger partial charge is 0.185 e. The molecule has 0 radical (unpaired) electrons. The molecule has 2 aromatic carbocycles. The molecular weight excluding hydrogens is 356 g/mol. The van der Waals surface area contributed by atoms with Gasteiger partial charge in [-0.25, -0.2) is 0 Å². The maximum Gasteiger partial charge on any atom is 0.185 e. The van der Waals surface area contributed by atoms with Gasteiger partial charge < -0.3 is 0 Å². The van der Waals surface area contributed by atoms with Gasteiger partial charge in [0.1, 0.15) is 0 Å². The van der Waals surface area contributed by atoms with Crippen molar-refractivity contribution in [2.24, 2.45) is 0 Å². The molecule has 1 nitrogen and oxygen atoms in total. The van der Waals surface area contributed by atoms with E-state index in [0.717, 1.165) is 14.5 Å². The second kappa shape index (κ2) is 6.12. The summed E-state index contributed by atoms with van der Waals surface area (Å²) in [5.74, 6) is -0.00736. The molecule has 0 unspecified atom stereocenters. The van der Waals surface area contributed by atoms with E-state index in [1.54, 1.807) is 12.1 Å². The Hall–Kier alpha value is -1.19. The highest BCUT2D eigenvalue weighted by Gasteiger charge is 2.02. The monoisotopic (exact) mass is 364 g/mol. The minimum atomic E-state index is -0.00736. The van der Waals surface area contributed by atoms with E-state index in [1.807, 2.05) is 48.5 Å². The molecule has 0 heterocycles. The Balaban J connectivity index is 2.20. The van der Waals surface area contributed by atoms with Crippen molar-refractivity contribution in [2.45, 2.75) is 0 Å². The third-order valence-corrected chi connectivity index (χ3v) is 3.64. The molecule has 0 atom stereocenters. The SMILES string of the molecule is O=C(C=Cc1ccccc1Br)c1cccc(Br)c1. The molecule has 3 heteroatoms. The first kappa shape index (κ1) is 13.2. The molecule has 0 aromatic heterocycles. The molecule has 2 aromatic rings. The van der Waals surface area contributed by atoms with Gasteiger partial charge in [-0.1, -0.05) is 62.2 Å². The lowest BCUT2D eigenvalue weighted by molar-refractivity contribution is 0.104. The standard InChI is InChI=1S/C15H10Br2O/c16-13-6-3-5-12(10-13)15(18)9-8-11-4-1-2-7-14(11)17/h1-10H. The van der Waals surface area contributed by atoms with Crippen LogP contribution in [-0.2, 0) is 0 Å². The van der Waals surface area contributed by atoms with Gasteiger partial charge in [-0.15, -0.1) is 0 Å². The van der Waals surface area contributed by atoms with E-state index in [-0.39, 0.29) is 5.78 Å². The molecule has 0 aliphatic carbocycles. The predicted octanol–water partition coefficient (Wildman–Crippen LogP) is 5.11. The Kier molecular flexibility index (Phi) is 4.50. The Morgan fingerprint density at radius 3 is 2.50 bits per heavy atom. The number of rotatable bonds is 3. The topological polar surface area (TPSA) is 17.1 Å². The Bertz CT molecular complexity index is 603. The first-order valence-electron chi connectivity index (χ1n) is 5.39. The van der Waals surface area contributed by atoms with E-state index in [2.05, 4.69) is 31.9 Å². The van der Waals surface area contributed by atoms with Crippen LogP contribution in [0.3, 0.4) is 0 Å². The third kappa shape index (κ3) is 3.40. The molecule has 18 heavy (non-hydrogen) atoms. The van der Waals surface area contributed by atoms with Gasteiger partial charge in [0.2, 0.25) is 0 Å². The summed E-state index contributed by atoms with van der Waals surface area (Å²) in [6.07, 6.45) is 3.40. The van der Waals surface area contributed by atoms with Crippen molar-refractivity contribution in [1.29, 1.82) is 0 Å². The Labute approximate surface area is 123 Å². The molecular formula is C15H10Br2O. The van der Waals surface area contributed by atoms with Gasteiger partial charge in [0, 0.05) is 14.5 Å². The van der Waals surface area contributed by atoms with Gasteiger partial charge >= 0.3 is 0 Å². The fourth-order valence-electron chi connectivity index (χ4n) is 1.51. The highest BCUT2D eigenvalue weighted by molar-refractivity contribution is 9.10. The second-order valence-electron chi connectivity index (χ2n) is 3.73. The van der Waals surface area contributed by atoms with Crippen molar-refractivity contribution in [2.75, 3.05) is 0 Å². The molecule has 2 rings (SSSR count). The highest BCUT2D eigenvalue weighted by Crippen LogP contribution is 2.18. The molecule has 90 valence electrons. The zero-order valence-electron chi connectivity index (χ0n) is 9.44. The molecule has 0 bridgehead atoms. The number of allylic oxidation sites excluding steroid dienone is 1.